The Labute approximate surface area is 94.3 Å². The van der Waals surface area contributed by atoms with E-state index in [4.69, 9.17) is 5.73 Å². The van der Waals surface area contributed by atoms with E-state index in [1.807, 2.05) is 30.3 Å². The number of benzene rings is 2. The van der Waals surface area contributed by atoms with Crippen LogP contribution in [-0.2, 0) is 0 Å². The zero-order valence-electron chi connectivity index (χ0n) is 8.60. The van der Waals surface area contributed by atoms with E-state index >= 15 is 0 Å². The summed E-state index contributed by atoms with van der Waals surface area (Å²) in [5.41, 5.74) is 9.05. The molecule has 0 aromatic heterocycles. The van der Waals surface area contributed by atoms with Gasteiger partial charge in [-0.05, 0) is 35.6 Å². The van der Waals surface area contributed by atoms with Crippen LogP contribution in [0, 0.1) is 0 Å². The number of rotatable bonds is 2. The Morgan fingerprint density at radius 2 is 1.73 bits per heavy atom. The van der Waals surface area contributed by atoms with Gasteiger partial charge in [-0.3, -0.25) is 0 Å². The lowest BCUT2D eigenvalue weighted by atomic mass is 10.1. The molecular formula is C13H13NS. The summed E-state index contributed by atoms with van der Waals surface area (Å²) in [5.74, 6) is 0. The van der Waals surface area contributed by atoms with Crippen LogP contribution in [0.3, 0.4) is 0 Å². The average molecular weight is 215 g/mol. The third-order valence-electron chi connectivity index (χ3n) is 2.31. The van der Waals surface area contributed by atoms with Crippen molar-refractivity contribution >= 4 is 17.4 Å². The summed E-state index contributed by atoms with van der Waals surface area (Å²) in [7, 11) is 0. The molecule has 0 amide bonds. The molecule has 0 fully saturated rings. The van der Waals surface area contributed by atoms with Crippen molar-refractivity contribution in [2.24, 2.45) is 0 Å². The predicted octanol–water partition coefficient (Wildman–Crippen LogP) is 3.66. The quantitative estimate of drug-likeness (QED) is 0.611. The SMILES string of the molecule is CSc1ccc(N)cc1-c1ccccc1. The Morgan fingerprint density at radius 3 is 2.40 bits per heavy atom. The number of nitrogens with two attached hydrogens (primary N) is 1. The molecule has 0 heterocycles. The zero-order chi connectivity index (χ0) is 10.7. The van der Waals surface area contributed by atoms with Crippen molar-refractivity contribution in [2.75, 3.05) is 12.0 Å². The van der Waals surface area contributed by atoms with Crippen LogP contribution in [0.2, 0.25) is 0 Å². The third kappa shape index (κ3) is 2.16. The zero-order valence-corrected chi connectivity index (χ0v) is 9.42. The minimum Gasteiger partial charge on any atom is -0.399 e. The van der Waals surface area contributed by atoms with Crippen LogP contribution >= 0.6 is 11.8 Å². The molecule has 0 unspecified atom stereocenters. The first-order valence-corrected chi connectivity index (χ1v) is 6.02. The van der Waals surface area contributed by atoms with Crippen LogP contribution in [0.4, 0.5) is 5.69 Å². The molecule has 2 rings (SSSR count). The van der Waals surface area contributed by atoms with Crippen molar-refractivity contribution in [1.82, 2.24) is 0 Å². The maximum atomic E-state index is 5.81. The van der Waals surface area contributed by atoms with Gasteiger partial charge in [0.05, 0.1) is 0 Å². The molecule has 76 valence electrons. The molecule has 0 saturated heterocycles. The molecule has 0 radical (unpaired) electrons. The highest BCUT2D eigenvalue weighted by Gasteiger charge is 2.03. The summed E-state index contributed by atoms with van der Waals surface area (Å²) >= 11 is 1.74. The predicted molar refractivity (Wildman–Crippen MR) is 68.1 cm³/mol. The number of hydrogen-bond acceptors (Lipinski definition) is 2. The first kappa shape index (κ1) is 10.1. The minimum atomic E-state index is 0.812. The van der Waals surface area contributed by atoms with Gasteiger partial charge >= 0.3 is 0 Å². The van der Waals surface area contributed by atoms with Crippen LogP contribution < -0.4 is 5.73 Å². The Morgan fingerprint density at radius 1 is 1.00 bits per heavy atom. The highest BCUT2D eigenvalue weighted by molar-refractivity contribution is 7.98. The van der Waals surface area contributed by atoms with E-state index in [-0.39, 0.29) is 0 Å². The smallest absolute Gasteiger partial charge is 0.0321 e. The second kappa shape index (κ2) is 4.41. The molecule has 15 heavy (non-hydrogen) atoms. The van der Waals surface area contributed by atoms with Crippen LogP contribution in [0.1, 0.15) is 0 Å². The van der Waals surface area contributed by atoms with Crippen molar-refractivity contribution in [2.45, 2.75) is 4.90 Å². The summed E-state index contributed by atoms with van der Waals surface area (Å²) in [6, 6.07) is 16.4. The van der Waals surface area contributed by atoms with Gasteiger partial charge in [-0.15, -0.1) is 11.8 Å². The summed E-state index contributed by atoms with van der Waals surface area (Å²) < 4.78 is 0. The van der Waals surface area contributed by atoms with E-state index in [1.54, 1.807) is 11.8 Å². The topological polar surface area (TPSA) is 26.0 Å². The van der Waals surface area contributed by atoms with Crippen LogP contribution in [0.15, 0.2) is 53.4 Å². The molecule has 2 aromatic carbocycles. The second-order valence-corrected chi connectivity index (χ2v) is 4.17. The standard InChI is InChI=1S/C13H13NS/c1-15-13-8-7-11(14)9-12(13)10-5-3-2-4-6-10/h2-9H,14H2,1H3. The van der Waals surface area contributed by atoms with E-state index in [0.717, 1.165) is 5.69 Å². The Kier molecular flexibility index (Phi) is 2.97. The summed E-state index contributed by atoms with van der Waals surface area (Å²) in [4.78, 5) is 1.26. The number of nitrogen functional groups attached to an aromatic ring is 1. The van der Waals surface area contributed by atoms with Crippen LogP contribution in [-0.4, -0.2) is 6.26 Å². The maximum absolute atomic E-state index is 5.81. The van der Waals surface area contributed by atoms with Gasteiger partial charge in [0.15, 0.2) is 0 Å². The maximum Gasteiger partial charge on any atom is 0.0321 e. The Hall–Kier alpha value is -1.41. The van der Waals surface area contributed by atoms with E-state index in [9.17, 15) is 0 Å². The van der Waals surface area contributed by atoms with Crippen molar-refractivity contribution in [3.63, 3.8) is 0 Å². The fourth-order valence-electron chi connectivity index (χ4n) is 1.57. The molecule has 2 N–H and O–H groups in total. The average Bonchev–Trinajstić information content (AvgIpc) is 2.30. The fraction of sp³-hybridized carbons (Fsp3) is 0.0769. The monoisotopic (exact) mass is 215 g/mol. The van der Waals surface area contributed by atoms with Crippen LogP contribution in [0.5, 0.6) is 0 Å². The lowest BCUT2D eigenvalue weighted by Gasteiger charge is -2.08. The molecule has 0 aliphatic carbocycles. The van der Waals surface area contributed by atoms with Gasteiger partial charge < -0.3 is 5.73 Å². The Balaban J connectivity index is 2.56. The molecular weight excluding hydrogens is 202 g/mol. The number of anilines is 1. The van der Waals surface area contributed by atoms with E-state index in [0.29, 0.717) is 0 Å². The van der Waals surface area contributed by atoms with Gasteiger partial charge in [0.25, 0.3) is 0 Å². The van der Waals surface area contributed by atoms with Crippen molar-refractivity contribution < 1.29 is 0 Å². The highest BCUT2D eigenvalue weighted by atomic mass is 32.2. The van der Waals surface area contributed by atoms with Crippen molar-refractivity contribution in [3.8, 4) is 11.1 Å². The fourth-order valence-corrected chi connectivity index (χ4v) is 2.17. The molecule has 0 saturated carbocycles. The molecule has 0 spiro atoms. The minimum absolute atomic E-state index is 0.812. The van der Waals surface area contributed by atoms with E-state index in [2.05, 4.69) is 24.5 Å². The normalized spacial score (nSPS) is 10.2. The van der Waals surface area contributed by atoms with Crippen molar-refractivity contribution in [1.29, 1.82) is 0 Å². The first-order valence-electron chi connectivity index (χ1n) is 4.80. The molecule has 2 heteroatoms. The number of hydrogen-bond donors (Lipinski definition) is 1. The summed E-state index contributed by atoms with van der Waals surface area (Å²) in [6.45, 7) is 0. The highest BCUT2D eigenvalue weighted by Crippen LogP contribution is 2.31. The molecule has 1 nitrogen and oxygen atoms in total. The van der Waals surface area contributed by atoms with Gasteiger partial charge in [-0.1, -0.05) is 30.3 Å². The largest absolute Gasteiger partial charge is 0.399 e. The third-order valence-corrected chi connectivity index (χ3v) is 3.10. The molecule has 0 aliphatic rings. The number of thioether (sulfide) groups is 1. The molecule has 0 aliphatic heterocycles. The van der Waals surface area contributed by atoms with Gasteiger partial charge in [0.2, 0.25) is 0 Å². The summed E-state index contributed by atoms with van der Waals surface area (Å²) in [5, 5.41) is 0. The Bertz CT molecular complexity index is 451. The summed E-state index contributed by atoms with van der Waals surface area (Å²) in [6.07, 6.45) is 2.08. The van der Waals surface area contributed by atoms with Gasteiger partial charge in [0.1, 0.15) is 0 Å². The molecule has 0 atom stereocenters. The first-order chi connectivity index (χ1) is 7.31. The molecule has 0 bridgehead atoms. The lowest BCUT2D eigenvalue weighted by molar-refractivity contribution is 1.45. The van der Waals surface area contributed by atoms with Crippen LogP contribution in [0.25, 0.3) is 11.1 Å². The van der Waals surface area contributed by atoms with E-state index < -0.39 is 0 Å². The molecule has 2 aromatic rings. The van der Waals surface area contributed by atoms with Gasteiger partial charge in [-0.2, -0.15) is 0 Å². The second-order valence-electron chi connectivity index (χ2n) is 3.33. The lowest BCUT2D eigenvalue weighted by Crippen LogP contribution is -1.87. The van der Waals surface area contributed by atoms with Gasteiger partial charge in [0, 0.05) is 10.6 Å². The van der Waals surface area contributed by atoms with Crippen molar-refractivity contribution in [3.05, 3.63) is 48.5 Å². The van der Waals surface area contributed by atoms with Gasteiger partial charge in [-0.25, -0.2) is 0 Å². The van der Waals surface area contributed by atoms with E-state index in [1.165, 1.54) is 16.0 Å².